The molecule has 0 aliphatic rings. The summed E-state index contributed by atoms with van der Waals surface area (Å²) in [7, 11) is 0. The molecule has 2 aromatic heterocycles. The number of alkyl halides is 1. The molecule has 0 saturated carbocycles. The predicted molar refractivity (Wildman–Crippen MR) is 69.3 cm³/mol. The largest absolute Gasteiger partial charge is 0.418 e. The molecule has 1 atom stereocenters. The van der Waals surface area contributed by atoms with Gasteiger partial charge in [-0.15, -0.1) is 21.8 Å². The highest BCUT2D eigenvalue weighted by atomic mass is 35.5. The zero-order chi connectivity index (χ0) is 12.5. The lowest BCUT2D eigenvalue weighted by Crippen LogP contribution is -1.84. The van der Waals surface area contributed by atoms with Gasteiger partial charge in [0.05, 0.1) is 5.52 Å². The summed E-state index contributed by atoms with van der Waals surface area (Å²) in [6.45, 7) is 1.78. The molecule has 18 heavy (non-hydrogen) atoms. The predicted octanol–water partition coefficient (Wildman–Crippen LogP) is 3.58. The van der Waals surface area contributed by atoms with E-state index in [2.05, 4.69) is 15.2 Å². The average molecular weight is 260 g/mol. The Morgan fingerprint density at radius 1 is 1.11 bits per heavy atom. The van der Waals surface area contributed by atoms with Gasteiger partial charge >= 0.3 is 0 Å². The highest BCUT2D eigenvalue weighted by Crippen LogP contribution is 2.23. The number of rotatable bonds is 2. The van der Waals surface area contributed by atoms with Gasteiger partial charge in [0, 0.05) is 5.39 Å². The van der Waals surface area contributed by atoms with E-state index in [-0.39, 0.29) is 5.38 Å². The molecule has 5 heteroatoms. The topological polar surface area (TPSA) is 51.8 Å². The van der Waals surface area contributed by atoms with Crippen LogP contribution in [0.4, 0.5) is 0 Å². The Balaban J connectivity index is 2.07. The Kier molecular flexibility index (Phi) is 2.72. The number of benzene rings is 1. The number of pyridine rings is 1. The second-order valence-corrected chi connectivity index (χ2v) is 4.61. The van der Waals surface area contributed by atoms with E-state index in [0.717, 1.165) is 10.9 Å². The zero-order valence-corrected chi connectivity index (χ0v) is 10.4. The normalized spacial score (nSPS) is 12.8. The van der Waals surface area contributed by atoms with E-state index in [9.17, 15) is 0 Å². The van der Waals surface area contributed by atoms with Gasteiger partial charge < -0.3 is 4.42 Å². The molecule has 0 saturated heterocycles. The highest BCUT2D eigenvalue weighted by molar-refractivity contribution is 6.20. The molecule has 90 valence electrons. The van der Waals surface area contributed by atoms with Crippen LogP contribution in [-0.4, -0.2) is 15.2 Å². The number of hydrogen-bond donors (Lipinski definition) is 0. The molecule has 0 fully saturated rings. The number of aromatic nitrogens is 3. The summed E-state index contributed by atoms with van der Waals surface area (Å²) in [5, 5.41) is 8.61. The minimum Gasteiger partial charge on any atom is -0.418 e. The summed E-state index contributed by atoms with van der Waals surface area (Å²) in [4.78, 5) is 4.48. The third kappa shape index (κ3) is 1.95. The van der Waals surface area contributed by atoms with Crippen molar-refractivity contribution in [3.05, 3.63) is 42.3 Å². The summed E-state index contributed by atoms with van der Waals surface area (Å²) < 4.78 is 5.46. The summed E-state index contributed by atoms with van der Waals surface area (Å²) in [5.41, 5.74) is 1.55. The third-order valence-electron chi connectivity index (χ3n) is 2.60. The van der Waals surface area contributed by atoms with Gasteiger partial charge in [-0.2, -0.15) is 0 Å². The van der Waals surface area contributed by atoms with E-state index in [1.165, 1.54) is 0 Å². The first-order valence-electron chi connectivity index (χ1n) is 5.57. The van der Waals surface area contributed by atoms with Crippen molar-refractivity contribution in [2.75, 3.05) is 0 Å². The number of fused-ring (bicyclic) bond motifs is 1. The van der Waals surface area contributed by atoms with Crippen molar-refractivity contribution in [1.82, 2.24) is 15.2 Å². The highest BCUT2D eigenvalue weighted by Gasteiger charge is 2.13. The fraction of sp³-hybridized carbons (Fsp3) is 0.154. The monoisotopic (exact) mass is 259 g/mol. The molecule has 0 spiro atoms. The average Bonchev–Trinajstić information content (AvgIpc) is 2.88. The third-order valence-corrected chi connectivity index (χ3v) is 2.79. The Morgan fingerprint density at radius 3 is 2.72 bits per heavy atom. The minimum atomic E-state index is -0.299. The number of hydrogen-bond acceptors (Lipinski definition) is 4. The molecule has 0 N–H and O–H groups in total. The van der Waals surface area contributed by atoms with Crippen LogP contribution >= 0.6 is 11.6 Å². The van der Waals surface area contributed by atoms with E-state index < -0.39 is 0 Å². The number of halogens is 1. The van der Waals surface area contributed by atoms with Gasteiger partial charge in [-0.1, -0.05) is 24.3 Å². The first-order chi connectivity index (χ1) is 8.74. The van der Waals surface area contributed by atoms with Crippen LogP contribution < -0.4 is 0 Å². The molecule has 0 radical (unpaired) electrons. The lowest BCUT2D eigenvalue weighted by molar-refractivity contribution is 0.506. The lowest BCUT2D eigenvalue weighted by Gasteiger charge is -1.98. The number of para-hydroxylation sites is 1. The summed E-state index contributed by atoms with van der Waals surface area (Å²) in [6.07, 6.45) is 0. The van der Waals surface area contributed by atoms with Crippen LogP contribution in [0, 0.1) is 0 Å². The maximum atomic E-state index is 5.88. The Bertz CT molecular complexity index is 693. The molecule has 4 nitrogen and oxygen atoms in total. The van der Waals surface area contributed by atoms with Crippen molar-refractivity contribution < 1.29 is 4.42 Å². The van der Waals surface area contributed by atoms with Crippen LogP contribution in [0.1, 0.15) is 18.2 Å². The lowest BCUT2D eigenvalue weighted by atomic mass is 10.2. The van der Waals surface area contributed by atoms with Crippen molar-refractivity contribution in [2.24, 2.45) is 0 Å². The summed E-state index contributed by atoms with van der Waals surface area (Å²) in [6, 6.07) is 11.7. The fourth-order valence-corrected chi connectivity index (χ4v) is 1.77. The molecular weight excluding hydrogens is 250 g/mol. The van der Waals surface area contributed by atoms with E-state index in [1.807, 2.05) is 36.4 Å². The van der Waals surface area contributed by atoms with E-state index in [4.69, 9.17) is 16.0 Å². The fourth-order valence-electron chi connectivity index (χ4n) is 1.68. The van der Waals surface area contributed by atoms with E-state index >= 15 is 0 Å². The van der Waals surface area contributed by atoms with E-state index in [1.54, 1.807) is 6.92 Å². The standard InChI is InChI=1S/C13H10ClN3O/c1-8(14)12-16-17-13(18-12)11-7-6-9-4-2-3-5-10(9)15-11/h2-8H,1H3. The zero-order valence-electron chi connectivity index (χ0n) is 9.67. The van der Waals surface area contributed by atoms with Crippen LogP contribution in [0.15, 0.2) is 40.8 Å². The summed E-state index contributed by atoms with van der Waals surface area (Å²) >= 11 is 5.88. The second kappa shape index (κ2) is 4.38. The Hall–Kier alpha value is -1.94. The van der Waals surface area contributed by atoms with Crippen LogP contribution in [0.5, 0.6) is 0 Å². The van der Waals surface area contributed by atoms with Gasteiger partial charge in [0.2, 0.25) is 5.89 Å². The van der Waals surface area contributed by atoms with Gasteiger partial charge in [-0.3, -0.25) is 0 Å². The van der Waals surface area contributed by atoms with Crippen molar-refractivity contribution in [1.29, 1.82) is 0 Å². The molecule has 2 heterocycles. The van der Waals surface area contributed by atoms with Crippen molar-refractivity contribution >= 4 is 22.5 Å². The van der Waals surface area contributed by atoms with Gasteiger partial charge in [0.15, 0.2) is 0 Å². The van der Waals surface area contributed by atoms with Gasteiger partial charge in [-0.25, -0.2) is 4.98 Å². The molecule has 0 aliphatic heterocycles. The first kappa shape index (κ1) is 11.2. The van der Waals surface area contributed by atoms with Crippen LogP contribution in [-0.2, 0) is 0 Å². The second-order valence-electron chi connectivity index (χ2n) is 3.95. The van der Waals surface area contributed by atoms with Crippen LogP contribution in [0.2, 0.25) is 0 Å². The Morgan fingerprint density at radius 2 is 1.94 bits per heavy atom. The molecule has 0 bridgehead atoms. The molecule has 0 aliphatic carbocycles. The van der Waals surface area contributed by atoms with Gasteiger partial charge in [-0.05, 0) is 19.1 Å². The minimum absolute atomic E-state index is 0.299. The Labute approximate surface area is 109 Å². The van der Waals surface area contributed by atoms with Crippen LogP contribution in [0.25, 0.3) is 22.5 Å². The van der Waals surface area contributed by atoms with Gasteiger partial charge in [0.25, 0.3) is 5.89 Å². The maximum Gasteiger partial charge on any atom is 0.266 e. The maximum absolute atomic E-state index is 5.88. The first-order valence-corrected chi connectivity index (χ1v) is 6.01. The number of nitrogens with zero attached hydrogens (tertiary/aromatic N) is 3. The molecule has 3 aromatic rings. The molecule has 1 unspecified atom stereocenters. The van der Waals surface area contributed by atoms with E-state index in [0.29, 0.717) is 17.5 Å². The van der Waals surface area contributed by atoms with Gasteiger partial charge in [0.1, 0.15) is 11.1 Å². The SMILES string of the molecule is CC(Cl)c1nnc(-c2ccc3ccccc3n2)o1. The van der Waals surface area contributed by atoms with Crippen molar-refractivity contribution in [2.45, 2.75) is 12.3 Å². The smallest absolute Gasteiger partial charge is 0.266 e. The molecule has 0 amide bonds. The molecular formula is C13H10ClN3O. The summed E-state index contributed by atoms with van der Waals surface area (Å²) in [5.74, 6) is 0.796. The molecule has 3 rings (SSSR count). The van der Waals surface area contributed by atoms with Crippen LogP contribution in [0.3, 0.4) is 0 Å². The van der Waals surface area contributed by atoms with Crippen molar-refractivity contribution in [3.8, 4) is 11.6 Å². The quantitative estimate of drug-likeness (QED) is 0.660. The molecule has 1 aromatic carbocycles. The van der Waals surface area contributed by atoms with Crippen molar-refractivity contribution in [3.63, 3.8) is 0 Å².